The van der Waals surface area contributed by atoms with E-state index in [9.17, 15) is 4.79 Å². The summed E-state index contributed by atoms with van der Waals surface area (Å²) in [6.07, 6.45) is 4.90. The average molecular weight is 431 g/mol. The van der Waals surface area contributed by atoms with Crippen molar-refractivity contribution in [3.63, 3.8) is 0 Å². The first-order chi connectivity index (χ1) is 12.6. The molecular formula is C19H19BrN4OS. The molecule has 0 saturated heterocycles. The molecule has 0 bridgehead atoms. The summed E-state index contributed by atoms with van der Waals surface area (Å²) in [5, 5.41) is 3.68. The van der Waals surface area contributed by atoms with Gasteiger partial charge in [-0.05, 0) is 59.3 Å². The van der Waals surface area contributed by atoms with Crippen LogP contribution in [0.3, 0.4) is 0 Å². The molecular weight excluding hydrogens is 412 g/mol. The van der Waals surface area contributed by atoms with Crippen LogP contribution < -0.4 is 5.32 Å². The largest absolute Gasteiger partial charge is 0.348 e. The van der Waals surface area contributed by atoms with Crippen molar-refractivity contribution in [2.75, 3.05) is 0 Å². The number of nitrogens with one attached hydrogen (secondary N) is 2. The Balaban J connectivity index is 1.45. The normalized spacial score (nSPS) is 17.7. The van der Waals surface area contributed by atoms with Crippen molar-refractivity contribution < 1.29 is 4.79 Å². The molecule has 0 saturated carbocycles. The molecule has 1 aliphatic carbocycles. The van der Waals surface area contributed by atoms with Gasteiger partial charge in [0.05, 0.1) is 16.8 Å². The number of aryl methyl sites for hydroxylation is 1. The van der Waals surface area contributed by atoms with Crippen LogP contribution in [0.15, 0.2) is 46.2 Å². The van der Waals surface area contributed by atoms with Crippen LogP contribution in [-0.4, -0.2) is 26.1 Å². The Hall–Kier alpha value is -1.86. The molecule has 1 amide bonds. The molecule has 2 atom stereocenters. The maximum atomic E-state index is 12.7. The van der Waals surface area contributed by atoms with Crippen LogP contribution in [0.5, 0.6) is 0 Å². The van der Waals surface area contributed by atoms with Crippen molar-refractivity contribution in [2.45, 2.75) is 42.6 Å². The quantitative estimate of drug-likeness (QED) is 0.601. The van der Waals surface area contributed by atoms with Crippen molar-refractivity contribution in [2.24, 2.45) is 0 Å². The Morgan fingerprint density at radius 2 is 2.27 bits per heavy atom. The molecule has 1 aromatic carbocycles. The van der Waals surface area contributed by atoms with Gasteiger partial charge in [-0.2, -0.15) is 0 Å². The minimum atomic E-state index is -0.243. The Bertz CT molecular complexity index is 958. The van der Waals surface area contributed by atoms with Crippen LogP contribution in [0, 0.1) is 0 Å². The topological polar surface area (TPSA) is 70.7 Å². The number of carbonyl (C=O) groups is 1. The summed E-state index contributed by atoms with van der Waals surface area (Å²) in [5.74, 6) is 0.0336. The third kappa shape index (κ3) is 3.64. The zero-order valence-electron chi connectivity index (χ0n) is 14.3. The highest BCUT2D eigenvalue weighted by Gasteiger charge is 2.24. The number of hydrogen-bond donors (Lipinski definition) is 2. The van der Waals surface area contributed by atoms with E-state index in [1.165, 1.54) is 22.9 Å². The number of hydrogen-bond acceptors (Lipinski definition) is 4. The summed E-state index contributed by atoms with van der Waals surface area (Å²) in [7, 11) is 0. The van der Waals surface area contributed by atoms with Gasteiger partial charge in [-0.1, -0.05) is 36.0 Å². The number of carbonyl (C=O) groups excluding carboxylic acids is 1. The summed E-state index contributed by atoms with van der Waals surface area (Å²) in [6, 6.07) is 10.4. The Labute approximate surface area is 164 Å². The fourth-order valence-electron chi connectivity index (χ4n) is 3.32. The second-order valence-electron chi connectivity index (χ2n) is 6.48. The first kappa shape index (κ1) is 17.5. The number of fused-ring (bicyclic) bond motifs is 2. The number of rotatable bonds is 4. The maximum absolute atomic E-state index is 12.7. The summed E-state index contributed by atoms with van der Waals surface area (Å²) in [6.45, 7) is 1.91. The number of benzene rings is 1. The Morgan fingerprint density at radius 3 is 3.15 bits per heavy atom. The minimum absolute atomic E-state index is 0.0336. The van der Waals surface area contributed by atoms with Crippen LogP contribution in [0.1, 0.15) is 36.9 Å². The van der Waals surface area contributed by atoms with E-state index < -0.39 is 0 Å². The summed E-state index contributed by atoms with van der Waals surface area (Å²) in [4.78, 5) is 24.6. The SMILES string of the molecule is CC(Sc1nc2ncc(Br)cc2[nH]1)C(=O)NC1CCCc2ccccc21. The summed E-state index contributed by atoms with van der Waals surface area (Å²) < 4.78 is 0.895. The maximum Gasteiger partial charge on any atom is 0.233 e. The molecule has 5 nitrogen and oxygen atoms in total. The predicted molar refractivity (Wildman–Crippen MR) is 107 cm³/mol. The number of thioether (sulfide) groups is 1. The van der Waals surface area contributed by atoms with Gasteiger partial charge in [0, 0.05) is 10.7 Å². The number of pyridine rings is 1. The van der Waals surface area contributed by atoms with Crippen LogP contribution in [0.4, 0.5) is 0 Å². The van der Waals surface area contributed by atoms with E-state index in [1.54, 1.807) is 6.20 Å². The molecule has 4 rings (SSSR count). The monoisotopic (exact) mass is 430 g/mol. The smallest absolute Gasteiger partial charge is 0.233 e. The fourth-order valence-corrected chi connectivity index (χ4v) is 4.47. The highest BCUT2D eigenvalue weighted by Crippen LogP contribution is 2.30. The van der Waals surface area contributed by atoms with Gasteiger partial charge in [0.2, 0.25) is 5.91 Å². The number of H-pyrrole nitrogens is 1. The van der Waals surface area contributed by atoms with Crippen LogP contribution in [-0.2, 0) is 11.2 Å². The molecule has 7 heteroatoms. The van der Waals surface area contributed by atoms with Gasteiger partial charge in [0.25, 0.3) is 0 Å². The van der Waals surface area contributed by atoms with E-state index in [1.807, 2.05) is 19.1 Å². The average Bonchev–Trinajstić information content (AvgIpc) is 3.03. The molecule has 3 aromatic rings. The van der Waals surface area contributed by atoms with E-state index in [4.69, 9.17) is 0 Å². The van der Waals surface area contributed by atoms with Gasteiger partial charge < -0.3 is 10.3 Å². The third-order valence-corrected chi connectivity index (χ3v) is 6.04. The lowest BCUT2D eigenvalue weighted by Crippen LogP contribution is -2.35. The molecule has 0 fully saturated rings. The number of aromatic nitrogens is 3. The highest BCUT2D eigenvalue weighted by molar-refractivity contribution is 9.10. The molecule has 2 N–H and O–H groups in total. The molecule has 0 aliphatic heterocycles. The van der Waals surface area contributed by atoms with Crippen LogP contribution in [0.25, 0.3) is 11.2 Å². The van der Waals surface area contributed by atoms with Crippen LogP contribution in [0.2, 0.25) is 0 Å². The van der Waals surface area contributed by atoms with E-state index in [-0.39, 0.29) is 17.2 Å². The number of imidazole rings is 1. The van der Waals surface area contributed by atoms with Gasteiger partial charge >= 0.3 is 0 Å². The van der Waals surface area contributed by atoms with E-state index in [0.717, 1.165) is 29.3 Å². The lowest BCUT2D eigenvalue weighted by Gasteiger charge is -2.27. The second-order valence-corrected chi connectivity index (χ2v) is 8.72. The standard InChI is InChI=1S/C19H19BrN4OS/c1-11(26-19-23-16-9-13(20)10-21-17(16)24-19)18(25)22-15-8-4-6-12-5-2-3-7-14(12)15/h2-3,5,7,9-11,15H,4,6,8H2,1H3,(H,22,25)(H,21,23,24). The summed E-state index contributed by atoms with van der Waals surface area (Å²) >= 11 is 4.82. The van der Waals surface area contributed by atoms with E-state index in [2.05, 4.69) is 54.4 Å². The van der Waals surface area contributed by atoms with Crippen molar-refractivity contribution in [1.29, 1.82) is 0 Å². The number of halogens is 1. The van der Waals surface area contributed by atoms with Crippen LogP contribution >= 0.6 is 27.7 Å². The lowest BCUT2D eigenvalue weighted by molar-refractivity contribution is -0.121. The molecule has 0 spiro atoms. The zero-order valence-corrected chi connectivity index (χ0v) is 16.7. The Morgan fingerprint density at radius 1 is 1.42 bits per heavy atom. The second kappa shape index (κ2) is 7.40. The van der Waals surface area contributed by atoms with Gasteiger partial charge in [-0.25, -0.2) is 9.97 Å². The molecule has 2 unspecified atom stereocenters. The minimum Gasteiger partial charge on any atom is -0.348 e. The number of amides is 1. The highest BCUT2D eigenvalue weighted by atomic mass is 79.9. The molecule has 2 aromatic heterocycles. The number of aromatic amines is 1. The first-order valence-electron chi connectivity index (χ1n) is 8.66. The molecule has 0 radical (unpaired) electrons. The van der Waals surface area contributed by atoms with E-state index >= 15 is 0 Å². The molecule has 134 valence electrons. The molecule has 26 heavy (non-hydrogen) atoms. The van der Waals surface area contributed by atoms with Crippen molar-refractivity contribution in [3.8, 4) is 0 Å². The third-order valence-electron chi connectivity index (χ3n) is 4.63. The predicted octanol–water partition coefficient (Wildman–Crippen LogP) is 4.39. The van der Waals surface area contributed by atoms with Gasteiger partial charge in [-0.15, -0.1) is 0 Å². The van der Waals surface area contributed by atoms with Gasteiger partial charge in [0.1, 0.15) is 0 Å². The van der Waals surface area contributed by atoms with Crippen molar-refractivity contribution in [1.82, 2.24) is 20.3 Å². The number of nitrogens with zero attached hydrogens (tertiary/aromatic N) is 2. The van der Waals surface area contributed by atoms with Crippen molar-refractivity contribution >= 4 is 44.8 Å². The zero-order chi connectivity index (χ0) is 18.1. The van der Waals surface area contributed by atoms with Crippen molar-refractivity contribution in [3.05, 3.63) is 52.1 Å². The molecule has 1 aliphatic rings. The van der Waals surface area contributed by atoms with Gasteiger partial charge in [-0.3, -0.25) is 4.79 Å². The van der Waals surface area contributed by atoms with E-state index in [0.29, 0.717) is 10.8 Å². The Kier molecular flexibility index (Phi) is 5.00. The first-order valence-corrected chi connectivity index (χ1v) is 10.3. The molecule has 2 heterocycles. The summed E-state index contributed by atoms with van der Waals surface area (Å²) in [5.41, 5.74) is 4.11. The lowest BCUT2D eigenvalue weighted by atomic mass is 9.88. The fraction of sp³-hybridized carbons (Fsp3) is 0.316. The van der Waals surface area contributed by atoms with Gasteiger partial charge in [0.15, 0.2) is 10.8 Å².